The van der Waals surface area contributed by atoms with Crippen molar-refractivity contribution < 1.29 is 8.42 Å². The predicted octanol–water partition coefficient (Wildman–Crippen LogP) is 1.49. The van der Waals surface area contributed by atoms with E-state index in [1.165, 1.54) is 12.4 Å². The first-order chi connectivity index (χ1) is 9.53. The number of hydrogen-bond donors (Lipinski definition) is 2. The molecule has 7 heteroatoms. The molecule has 0 bridgehead atoms. The maximum atomic E-state index is 12.3. The van der Waals surface area contributed by atoms with Gasteiger partial charge in [-0.1, -0.05) is 37.3 Å². The van der Waals surface area contributed by atoms with Gasteiger partial charge in [0.2, 0.25) is 16.0 Å². The van der Waals surface area contributed by atoms with Crippen LogP contribution in [-0.4, -0.2) is 18.4 Å². The molecular formula is C13H16N4O2S. The topological polar surface area (TPSA) is 98.0 Å². The van der Waals surface area contributed by atoms with Crippen LogP contribution in [0.2, 0.25) is 0 Å². The zero-order valence-electron chi connectivity index (χ0n) is 11.0. The van der Waals surface area contributed by atoms with Gasteiger partial charge in [-0.05, 0) is 12.0 Å². The lowest BCUT2D eigenvalue weighted by atomic mass is 10.1. The summed E-state index contributed by atoms with van der Waals surface area (Å²) in [7, 11) is -3.67. The molecule has 20 heavy (non-hydrogen) atoms. The van der Waals surface area contributed by atoms with E-state index in [0.717, 1.165) is 5.56 Å². The molecule has 1 aromatic heterocycles. The number of rotatable bonds is 5. The minimum Gasteiger partial charge on any atom is -0.368 e. The molecule has 2 rings (SSSR count). The largest absolute Gasteiger partial charge is 0.368 e. The lowest BCUT2D eigenvalue weighted by Crippen LogP contribution is -2.28. The van der Waals surface area contributed by atoms with Gasteiger partial charge in [0.25, 0.3) is 0 Å². The van der Waals surface area contributed by atoms with Crippen LogP contribution in [0.1, 0.15) is 24.9 Å². The summed E-state index contributed by atoms with van der Waals surface area (Å²) >= 11 is 0. The Labute approximate surface area is 118 Å². The van der Waals surface area contributed by atoms with E-state index in [4.69, 9.17) is 5.73 Å². The van der Waals surface area contributed by atoms with Gasteiger partial charge >= 0.3 is 0 Å². The molecule has 0 saturated heterocycles. The normalized spacial score (nSPS) is 13.1. The second-order valence-corrected chi connectivity index (χ2v) is 5.98. The summed E-state index contributed by atoms with van der Waals surface area (Å²) in [6, 6.07) is 9.11. The molecule has 6 nitrogen and oxygen atoms in total. The van der Waals surface area contributed by atoms with Crippen LogP contribution in [0.25, 0.3) is 0 Å². The van der Waals surface area contributed by atoms with Crippen molar-refractivity contribution in [2.24, 2.45) is 0 Å². The smallest absolute Gasteiger partial charge is 0.244 e. The van der Waals surface area contributed by atoms with Gasteiger partial charge in [0.15, 0.2) is 0 Å². The molecule has 0 aliphatic heterocycles. The van der Waals surface area contributed by atoms with Crippen LogP contribution in [0.15, 0.2) is 47.6 Å². The number of sulfonamides is 1. The van der Waals surface area contributed by atoms with Gasteiger partial charge in [-0.15, -0.1) is 0 Å². The molecule has 0 aliphatic carbocycles. The molecule has 0 saturated carbocycles. The average molecular weight is 292 g/mol. The van der Waals surface area contributed by atoms with E-state index in [0.29, 0.717) is 6.42 Å². The van der Waals surface area contributed by atoms with Gasteiger partial charge in [-0.3, -0.25) is 0 Å². The Morgan fingerprint density at radius 2 is 1.80 bits per heavy atom. The summed E-state index contributed by atoms with van der Waals surface area (Å²) in [6.45, 7) is 1.92. The zero-order valence-corrected chi connectivity index (χ0v) is 11.8. The molecular weight excluding hydrogens is 276 g/mol. The number of nitrogen functional groups attached to an aromatic ring is 1. The van der Waals surface area contributed by atoms with Crippen LogP contribution >= 0.6 is 0 Å². The summed E-state index contributed by atoms with van der Waals surface area (Å²) in [5.74, 6) is 0.0408. The third-order valence-electron chi connectivity index (χ3n) is 2.87. The molecule has 0 fully saturated rings. The number of aromatic nitrogens is 2. The third-order valence-corrected chi connectivity index (χ3v) is 4.29. The van der Waals surface area contributed by atoms with Gasteiger partial charge in [0.05, 0.1) is 12.4 Å². The Kier molecular flexibility index (Phi) is 4.31. The first-order valence-corrected chi connectivity index (χ1v) is 7.66. The molecule has 106 valence electrons. The van der Waals surface area contributed by atoms with Crippen molar-refractivity contribution >= 4 is 16.0 Å². The highest BCUT2D eigenvalue weighted by atomic mass is 32.2. The summed E-state index contributed by atoms with van der Waals surface area (Å²) < 4.78 is 27.2. The molecule has 0 spiro atoms. The van der Waals surface area contributed by atoms with Gasteiger partial charge in [0.1, 0.15) is 4.90 Å². The molecule has 1 aromatic carbocycles. The van der Waals surface area contributed by atoms with Crippen molar-refractivity contribution in [1.82, 2.24) is 14.7 Å². The standard InChI is InChI=1S/C13H16N4O2S/c1-2-12(10-6-4-3-5-7-10)17-20(18,19)11-8-15-13(14)16-9-11/h3-9,12,17H,2H2,1H3,(H2,14,15,16). The number of anilines is 1. The quantitative estimate of drug-likeness (QED) is 0.870. The van der Waals surface area contributed by atoms with Gasteiger partial charge in [-0.25, -0.2) is 23.1 Å². The van der Waals surface area contributed by atoms with E-state index in [2.05, 4.69) is 14.7 Å². The van der Waals surface area contributed by atoms with Crippen molar-refractivity contribution in [2.45, 2.75) is 24.3 Å². The number of nitrogens with one attached hydrogen (secondary N) is 1. The fourth-order valence-electron chi connectivity index (χ4n) is 1.79. The summed E-state index contributed by atoms with van der Waals surface area (Å²) in [5.41, 5.74) is 6.26. The molecule has 2 aromatic rings. The van der Waals surface area contributed by atoms with Crippen molar-refractivity contribution in [3.8, 4) is 0 Å². The lowest BCUT2D eigenvalue weighted by Gasteiger charge is -2.17. The Balaban J connectivity index is 2.24. The van der Waals surface area contributed by atoms with Gasteiger partial charge in [0, 0.05) is 6.04 Å². The van der Waals surface area contributed by atoms with Gasteiger partial charge in [-0.2, -0.15) is 0 Å². The van der Waals surface area contributed by atoms with Crippen LogP contribution in [0, 0.1) is 0 Å². The van der Waals surface area contributed by atoms with Crippen molar-refractivity contribution in [2.75, 3.05) is 5.73 Å². The van der Waals surface area contributed by atoms with Crippen molar-refractivity contribution in [3.05, 3.63) is 48.3 Å². The maximum Gasteiger partial charge on any atom is 0.244 e. The number of nitrogens with zero attached hydrogens (tertiary/aromatic N) is 2. The minimum absolute atomic E-state index is 0.00100. The van der Waals surface area contributed by atoms with E-state index in [-0.39, 0.29) is 16.9 Å². The number of hydrogen-bond acceptors (Lipinski definition) is 5. The first kappa shape index (κ1) is 14.4. The molecule has 1 unspecified atom stereocenters. The first-order valence-electron chi connectivity index (χ1n) is 6.17. The van der Waals surface area contributed by atoms with E-state index >= 15 is 0 Å². The Bertz CT molecular complexity index is 657. The number of nitrogens with two attached hydrogens (primary N) is 1. The fourth-order valence-corrected chi connectivity index (χ4v) is 2.99. The van der Waals surface area contributed by atoms with Crippen LogP contribution < -0.4 is 10.5 Å². The molecule has 3 N–H and O–H groups in total. The van der Waals surface area contributed by atoms with Crippen molar-refractivity contribution in [3.63, 3.8) is 0 Å². The van der Waals surface area contributed by atoms with Crippen LogP contribution in [0.4, 0.5) is 5.95 Å². The molecule has 0 amide bonds. The lowest BCUT2D eigenvalue weighted by molar-refractivity contribution is 0.549. The Morgan fingerprint density at radius 1 is 1.20 bits per heavy atom. The van der Waals surface area contributed by atoms with Crippen LogP contribution in [-0.2, 0) is 10.0 Å². The fraction of sp³-hybridized carbons (Fsp3) is 0.231. The second-order valence-electron chi connectivity index (χ2n) is 4.27. The van der Waals surface area contributed by atoms with Crippen LogP contribution in [0.3, 0.4) is 0 Å². The molecule has 1 atom stereocenters. The third kappa shape index (κ3) is 3.31. The molecule has 0 aliphatic rings. The predicted molar refractivity (Wildman–Crippen MR) is 76.2 cm³/mol. The second kappa shape index (κ2) is 5.98. The Morgan fingerprint density at radius 3 is 2.35 bits per heavy atom. The Hall–Kier alpha value is -1.99. The highest BCUT2D eigenvalue weighted by molar-refractivity contribution is 7.89. The SMILES string of the molecule is CCC(NS(=O)(=O)c1cnc(N)nc1)c1ccccc1. The van der Waals surface area contributed by atoms with E-state index in [1.807, 2.05) is 37.3 Å². The molecule has 0 radical (unpaired) electrons. The maximum absolute atomic E-state index is 12.3. The van der Waals surface area contributed by atoms with Crippen LogP contribution in [0.5, 0.6) is 0 Å². The van der Waals surface area contributed by atoms with Gasteiger partial charge < -0.3 is 5.73 Å². The molecule has 1 heterocycles. The van der Waals surface area contributed by atoms with E-state index < -0.39 is 10.0 Å². The van der Waals surface area contributed by atoms with E-state index in [1.54, 1.807) is 0 Å². The minimum atomic E-state index is -3.67. The summed E-state index contributed by atoms with van der Waals surface area (Å²) in [5, 5.41) is 0. The summed E-state index contributed by atoms with van der Waals surface area (Å²) in [6.07, 6.45) is 3.03. The summed E-state index contributed by atoms with van der Waals surface area (Å²) in [4.78, 5) is 7.40. The van der Waals surface area contributed by atoms with Crippen molar-refractivity contribution in [1.29, 1.82) is 0 Å². The highest BCUT2D eigenvalue weighted by Crippen LogP contribution is 2.19. The average Bonchev–Trinajstić information content (AvgIpc) is 2.46. The monoisotopic (exact) mass is 292 g/mol. The zero-order chi connectivity index (χ0) is 14.6. The van der Waals surface area contributed by atoms with E-state index in [9.17, 15) is 8.42 Å². The highest BCUT2D eigenvalue weighted by Gasteiger charge is 2.20. The number of benzene rings is 1.